The maximum absolute atomic E-state index is 12.4. The number of fused-ring (bicyclic) bond motifs is 2. The number of hydrogen-bond donors (Lipinski definition) is 2. The number of aromatic hydroxyl groups is 1. The van der Waals surface area contributed by atoms with Crippen LogP contribution in [0.2, 0.25) is 0 Å². The van der Waals surface area contributed by atoms with E-state index >= 15 is 0 Å². The van der Waals surface area contributed by atoms with E-state index in [1.165, 1.54) is 7.11 Å². The Labute approximate surface area is 136 Å². The molecule has 24 heavy (non-hydrogen) atoms. The van der Waals surface area contributed by atoms with Gasteiger partial charge in [0.1, 0.15) is 22.6 Å². The Morgan fingerprint density at radius 1 is 1.17 bits per heavy atom. The second-order valence-electron chi connectivity index (χ2n) is 5.51. The van der Waals surface area contributed by atoms with Gasteiger partial charge in [0.15, 0.2) is 0 Å². The topological polar surface area (TPSA) is 88.8 Å². The van der Waals surface area contributed by atoms with Gasteiger partial charge in [-0.3, -0.25) is 4.79 Å². The zero-order chi connectivity index (χ0) is 16.8. The van der Waals surface area contributed by atoms with E-state index in [0.717, 1.165) is 0 Å². The third-order valence-corrected chi connectivity index (χ3v) is 4.20. The molecule has 2 aromatic carbocycles. The molecule has 0 saturated heterocycles. The molecule has 0 aliphatic carbocycles. The van der Waals surface area contributed by atoms with Crippen molar-refractivity contribution in [3.63, 3.8) is 0 Å². The highest BCUT2D eigenvalue weighted by Crippen LogP contribution is 2.37. The predicted molar refractivity (Wildman–Crippen MR) is 86.5 cm³/mol. The van der Waals surface area contributed by atoms with Gasteiger partial charge in [0.05, 0.1) is 18.5 Å². The number of rotatable bonds is 2. The third-order valence-electron chi connectivity index (χ3n) is 4.20. The first kappa shape index (κ1) is 14.3. The molecular formula is C18H13NO5. The van der Waals surface area contributed by atoms with Crippen molar-refractivity contribution in [3.8, 4) is 11.5 Å². The molecule has 1 unspecified atom stereocenters. The van der Waals surface area contributed by atoms with Gasteiger partial charge in [-0.05, 0) is 29.8 Å². The summed E-state index contributed by atoms with van der Waals surface area (Å²) in [6.07, 6.45) is 0. The van der Waals surface area contributed by atoms with Crippen LogP contribution < -0.4 is 15.7 Å². The molecule has 3 aromatic rings. The summed E-state index contributed by atoms with van der Waals surface area (Å²) in [7, 11) is 1.51. The molecule has 1 amide bonds. The minimum absolute atomic E-state index is 0.00838. The molecule has 6 nitrogen and oxygen atoms in total. The standard InChI is InChI=1S/C18H13NO5/c1-23-9-6-7-13-12(8-9)16(20)14(18(22)24-13)15-10-4-2-3-5-11(10)17(21)19-15/h2-8,15,20H,1H3,(H,19,21). The summed E-state index contributed by atoms with van der Waals surface area (Å²) in [6.45, 7) is 0. The SMILES string of the molecule is COc1ccc2oc(=O)c(C3NC(=O)c4ccccc43)c(O)c2c1. The fourth-order valence-corrected chi connectivity index (χ4v) is 3.03. The molecular weight excluding hydrogens is 310 g/mol. The van der Waals surface area contributed by atoms with Gasteiger partial charge in [-0.2, -0.15) is 0 Å². The summed E-state index contributed by atoms with van der Waals surface area (Å²) in [4.78, 5) is 24.5. The van der Waals surface area contributed by atoms with Crippen LogP contribution in [-0.4, -0.2) is 18.1 Å². The number of methoxy groups -OCH3 is 1. The van der Waals surface area contributed by atoms with E-state index in [2.05, 4.69) is 5.32 Å². The monoisotopic (exact) mass is 323 g/mol. The van der Waals surface area contributed by atoms with Crippen molar-refractivity contribution < 1.29 is 19.1 Å². The van der Waals surface area contributed by atoms with Crippen molar-refractivity contribution in [1.29, 1.82) is 0 Å². The summed E-state index contributed by atoms with van der Waals surface area (Å²) in [5.41, 5.74) is 0.681. The average Bonchev–Trinajstić information content (AvgIpc) is 2.92. The number of carbonyl (C=O) groups excluding carboxylic acids is 1. The van der Waals surface area contributed by atoms with Crippen molar-refractivity contribution in [2.45, 2.75) is 6.04 Å². The van der Waals surface area contributed by atoms with E-state index in [4.69, 9.17) is 9.15 Å². The number of nitrogens with one attached hydrogen (secondary N) is 1. The highest BCUT2D eigenvalue weighted by atomic mass is 16.5. The molecule has 1 aromatic heterocycles. The molecule has 1 aliphatic rings. The Morgan fingerprint density at radius 2 is 1.96 bits per heavy atom. The number of ether oxygens (including phenoxy) is 1. The van der Waals surface area contributed by atoms with E-state index in [1.54, 1.807) is 42.5 Å². The van der Waals surface area contributed by atoms with E-state index in [0.29, 0.717) is 22.3 Å². The molecule has 0 bridgehead atoms. The van der Waals surface area contributed by atoms with Crippen molar-refractivity contribution >= 4 is 16.9 Å². The second-order valence-corrected chi connectivity index (χ2v) is 5.51. The first-order valence-electron chi connectivity index (χ1n) is 7.33. The molecule has 0 spiro atoms. The summed E-state index contributed by atoms with van der Waals surface area (Å²) < 4.78 is 10.5. The average molecular weight is 323 g/mol. The van der Waals surface area contributed by atoms with Crippen molar-refractivity contribution in [2.75, 3.05) is 7.11 Å². The van der Waals surface area contributed by atoms with Gasteiger partial charge in [0.25, 0.3) is 5.91 Å². The van der Waals surface area contributed by atoms with Crippen LogP contribution in [0.1, 0.15) is 27.5 Å². The van der Waals surface area contributed by atoms with Crippen molar-refractivity contribution in [3.05, 3.63) is 69.6 Å². The number of hydrogen-bond acceptors (Lipinski definition) is 5. The Kier molecular flexibility index (Phi) is 3.06. The fourth-order valence-electron chi connectivity index (χ4n) is 3.03. The van der Waals surface area contributed by atoms with E-state index in [1.807, 2.05) is 0 Å². The van der Waals surface area contributed by atoms with Crippen LogP contribution >= 0.6 is 0 Å². The van der Waals surface area contributed by atoms with Crippen LogP contribution in [0.25, 0.3) is 11.0 Å². The molecule has 2 N–H and O–H groups in total. The van der Waals surface area contributed by atoms with Crippen LogP contribution in [0, 0.1) is 0 Å². The minimum atomic E-state index is -0.749. The Morgan fingerprint density at radius 3 is 2.75 bits per heavy atom. The molecule has 120 valence electrons. The second kappa shape index (κ2) is 5.13. The maximum atomic E-state index is 12.4. The molecule has 2 heterocycles. The van der Waals surface area contributed by atoms with Crippen LogP contribution in [-0.2, 0) is 0 Å². The van der Waals surface area contributed by atoms with Crippen LogP contribution in [0.15, 0.2) is 51.7 Å². The van der Waals surface area contributed by atoms with Gasteiger partial charge in [-0.15, -0.1) is 0 Å². The highest BCUT2D eigenvalue weighted by molar-refractivity contribution is 6.00. The van der Waals surface area contributed by atoms with Crippen molar-refractivity contribution in [1.82, 2.24) is 5.32 Å². The zero-order valence-electron chi connectivity index (χ0n) is 12.7. The molecule has 0 fully saturated rings. The van der Waals surface area contributed by atoms with Gasteiger partial charge < -0.3 is 19.6 Å². The number of carbonyl (C=O) groups is 1. The number of amides is 1. The minimum Gasteiger partial charge on any atom is -0.507 e. The summed E-state index contributed by atoms with van der Waals surface area (Å²) >= 11 is 0. The van der Waals surface area contributed by atoms with E-state index in [9.17, 15) is 14.7 Å². The van der Waals surface area contributed by atoms with Gasteiger partial charge in [-0.25, -0.2) is 4.79 Å². The van der Waals surface area contributed by atoms with Gasteiger partial charge in [0, 0.05) is 5.56 Å². The summed E-state index contributed by atoms with van der Waals surface area (Å²) in [5.74, 6) is 0.00995. The lowest BCUT2D eigenvalue weighted by Crippen LogP contribution is -2.24. The third kappa shape index (κ3) is 1.96. The Bertz CT molecular complexity index is 1040. The fraction of sp³-hybridized carbons (Fsp3) is 0.111. The normalized spacial score (nSPS) is 16.0. The molecule has 1 atom stereocenters. The lowest BCUT2D eigenvalue weighted by Gasteiger charge is -2.14. The Hall–Kier alpha value is -3.28. The lowest BCUT2D eigenvalue weighted by atomic mass is 9.98. The zero-order valence-corrected chi connectivity index (χ0v) is 12.7. The summed E-state index contributed by atoms with van der Waals surface area (Å²) in [5, 5.41) is 13.7. The molecule has 4 rings (SSSR count). The Balaban J connectivity index is 1.98. The van der Waals surface area contributed by atoms with Crippen LogP contribution in [0.5, 0.6) is 11.5 Å². The quantitative estimate of drug-likeness (QED) is 0.707. The van der Waals surface area contributed by atoms with Gasteiger partial charge >= 0.3 is 5.63 Å². The van der Waals surface area contributed by atoms with Crippen molar-refractivity contribution in [2.24, 2.45) is 0 Å². The smallest absolute Gasteiger partial charge is 0.345 e. The van der Waals surface area contributed by atoms with E-state index in [-0.39, 0.29) is 22.8 Å². The van der Waals surface area contributed by atoms with Gasteiger partial charge in [-0.1, -0.05) is 18.2 Å². The van der Waals surface area contributed by atoms with Crippen LogP contribution in [0.3, 0.4) is 0 Å². The molecule has 6 heteroatoms. The summed E-state index contributed by atoms with van der Waals surface area (Å²) in [6, 6.07) is 11.0. The largest absolute Gasteiger partial charge is 0.507 e. The maximum Gasteiger partial charge on any atom is 0.345 e. The molecule has 1 aliphatic heterocycles. The first-order valence-corrected chi connectivity index (χ1v) is 7.33. The van der Waals surface area contributed by atoms with Gasteiger partial charge in [0.2, 0.25) is 0 Å². The number of benzene rings is 2. The lowest BCUT2D eigenvalue weighted by molar-refractivity contribution is 0.0960. The molecule has 0 radical (unpaired) electrons. The van der Waals surface area contributed by atoms with Crippen LogP contribution in [0.4, 0.5) is 0 Å². The first-order chi connectivity index (χ1) is 11.6. The highest BCUT2D eigenvalue weighted by Gasteiger charge is 2.34. The predicted octanol–water partition coefficient (Wildman–Crippen LogP) is 2.34. The van der Waals surface area contributed by atoms with E-state index < -0.39 is 11.7 Å². The molecule has 0 saturated carbocycles.